The van der Waals surface area contributed by atoms with Gasteiger partial charge < -0.3 is 15.1 Å². The van der Waals surface area contributed by atoms with E-state index in [1.165, 1.54) is 52.1 Å². The van der Waals surface area contributed by atoms with E-state index in [9.17, 15) is 0 Å². The molecule has 2 rings (SSSR count). The number of hydrogen-bond acceptors (Lipinski definition) is 3. The second-order valence-electron chi connectivity index (χ2n) is 8.04. The summed E-state index contributed by atoms with van der Waals surface area (Å²) in [7, 11) is 4.35. The van der Waals surface area contributed by atoms with Crippen LogP contribution in [-0.4, -0.2) is 63.2 Å². The predicted octanol–water partition coefficient (Wildman–Crippen LogP) is 3.31. The molecule has 2 heterocycles. The second kappa shape index (κ2) is 9.81. The lowest BCUT2D eigenvalue weighted by Gasteiger charge is -2.28. The normalized spacial score (nSPS) is 25.7. The van der Waals surface area contributed by atoms with Crippen molar-refractivity contribution in [3.05, 3.63) is 0 Å². The van der Waals surface area contributed by atoms with Gasteiger partial charge in [-0.05, 0) is 37.8 Å². The van der Waals surface area contributed by atoms with Gasteiger partial charge in [-0.1, -0.05) is 41.5 Å². The average molecular weight is 300 g/mol. The quantitative estimate of drug-likeness (QED) is 0.740. The Hall–Kier alpha value is -0.120. The molecule has 3 heteroatoms. The molecule has 1 N–H and O–H groups in total. The Labute approximate surface area is 134 Å². The van der Waals surface area contributed by atoms with Crippen molar-refractivity contribution in [3.8, 4) is 0 Å². The summed E-state index contributed by atoms with van der Waals surface area (Å²) < 4.78 is 0. The van der Waals surface area contributed by atoms with Gasteiger partial charge in [-0.25, -0.2) is 0 Å². The molecule has 0 aromatic carbocycles. The van der Waals surface area contributed by atoms with Crippen LogP contribution in [0.2, 0.25) is 0 Å². The maximum absolute atomic E-state index is 3.53. The third kappa shape index (κ3) is 10.3. The highest BCUT2D eigenvalue weighted by Gasteiger charge is 2.27. The van der Waals surface area contributed by atoms with Crippen molar-refractivity contribution < 1.29 is 0 Å². The Morgan fingerprint density at radius 1 is 0.667 bits per heavy atom. The molecule has 0 amide bonds. The summed E-state index contributed by atoms with van der Waals surface area (Å²) in [4.78, 5) is 4.72. The summed E-state index contributed by atoms with van der Waals surface area (Å²) in [5.41, 5.74) is 1.02. The molecule has 0 aromatic heterocycles. The first kappa shape index (κ1) is 20.9. The molecule has 0 spiro atoms. The molecule has 21 heavy (non-hydrogen) atoms. The summed E-state index contributed by atoms with van der Waals surface area (Å²) in [5.74, 6) is 0. The Morgan fingerprint density at radius 3 is 1.24 bits per heavy atom. The van der Waals surface area contributed by atoms with Gasteiger partial charge in [0.15, 0.2) is 0 Å². The molecule has 2 aliphatic rings. The van der Waals surface area contributed by atoms with Crippen LogP contribution in [0.5, 0.6) is 0 Å². The van der Waals surface area contributed by atoms with E-state index in [1.54, 1.807) is 0 Å². The molecule has 0 aliphatic carbocycles. The first-order valence-electron chi connectivity index (χ1n) is 8.78. The smallest absolute Gasteiger partial charge is 0.0107 e. The third-order valence-corrected chi connectivity index (χ3v) is 4.41. The minimum Gasteiger partial charge on any atom is -0.316 e. The van der Waals surface area contributed by atoms with Crippen LogP contribution in [0, 0.1) is 10.8 Å². The Kier molecular flexibility index (Phi) is 9.75. The number of piperazine rings is 1. The van der Waals surface area contributed by atoms with E-state index in [4.69, 9.17) is 0 Å². The fourth-order valence-corrected chi connectivity index (χ4v) is 2.50. The standard InChI is InChI=1S/C10H21N.C6H14N2.C2H6/c1-9(2)5-6-10(3,4)8-11-7-9;1-7-3-5-8(2)6-4-7;1-2/h11H,5-8H2,1-4H3;3-6H2,1-2H3;1-2H3. The van der Waals surface area contributed by atoms with Crippen LogP contribution in [0.25, 0.3) is 0 Å². The van der Waals surface area contributed by atoms with E-state index < -0.39 is 0 Å². The van der Waals surface area contributed by atoms with Gasteiger partial charge in [-0.3, -0.25) is 0 Å². The highest BCUT2D eigenvalue weighted by Crippen LogP contribution is 2.32. The summed E-state index contributed by atoms with van der Waals surface area (Å²) in [6.45, 7) is 20.7. The molecule has 2 fully saturated rings. The SMILES string of the molecule is CC.CC1(C)CCC(C)(C)CNC1.CN1CCN(C)CC1. The van der Waals surface area contributed by atoms with Gasteiger partial charge >= 0.3 is 0 Å². The number of nitrogens with zero attached hydrogens (tertiary/aromatic N) is 2. The number of rotatable bonds is 0. The topological polar surface area (TPSA) is 18.5 Å². The van der Waals surface area contributed by atoms with E-state index in [1.807, 2.05) is 13.8 Å². The number of likely N-dealkylation sites (N-methyl/N-ethyl adjacent to an activating group) is 2. The molecule has 128 valence electrons. The van der Waals surface area contributed by atoms with Gasteiger partial charge in [0.05, 0.1) is 0 Å². The number of nitrogens with one attached hydrogen (secondary N) is 1. The zero-order chi connectivity index (χ0) is 16.5. The Balaban J connectivity index is 0.000000354. The lowest BCUT2D eigenvalue weighted by Crippen LogP contribution is -2.42. The van der Waals surface area contributed by atoms with E-state index in [2.05, 4.69) is 56.9 Å². The molecule has 0 saturated carbocycles. The van der Waals surface area contributed by atoms with Gasteiger partial charge in [-0.15, -0.1) is 0 Å². The van der Waals surface area contributed by atoms with Gasteiger partial charge in [0.1, 0.15) is 0 Å². The fraction of sp³-hybridized carbons (Fsp3) is 1.00. The lowest BCUT2D eigenvalue weighted by atomic mass is 9.81. The second-order valence-corrected chi connectivity index (χ2v) is 8.04. The van der Waals surface area contributed by atoms with E-state index >= 15 is 0 Å². The largest absolute Gasteiger partial charge is 0.316 e. The van der Waals surface area contributed by atoms with Crippen molar-refractivity contribution >= 4 is 0 Å². The monoisotopic (exact) mass is 299 g/mol. The zero-order valence-corrected chi connectivity index (χ0v) is 16.1. The molecular weight excluding hydrogens is 258 g/mol. The Morgan fingerprint density at radius 2 is 0.952 bits per heavy atom. The maximum Gasteiger partial charge on any atom is 0.0107 e. The molecule has 0 aromatic rings. The first-order chi connectivity index (χ1) is 9.70. The molecule has 3 nitrogen and oxygen atoms in total. The highest BCUT2D eigenvalue weighted by molar-refractivity contribution is 4.83. The van der Waals surface area contributed by atoms with E-state index in [-0.39, 0.29) is 0 Å². The lowest BCUT2D eigenvalue weighted by molar-refractivity contribution is 0.181. The fourth-order valence-electron chi connectivity index (χ4n) is 2.50. The predicted molar refractivity (Wildman–Crippen MR) is 96.0 cm³/mol. The molecule has 2 aliphatic heterocycles. The van der Waals surface area contributed by atoms with Crippen molar-refractivity contribution in [1.82, 2.24) is 15.1 Å². The molecule has 0 unspecified atom stereocenters. The van der Waals surface area contributed by atoms with Gasteiger partial charge in [-0.2, -0.15) is 0 Å². The van der Waals surface area contributed by atoms with Crippen LogP contribution in [0.4, 0.5) is 0 Å². The van der Waals surface area contributed by atoms with Crippen LogP contribution in [0.1, 0.15) is 54.4 Å². The van der Waals surface area contributed by atoms with Crippen LogP contribution in [-0.2, 0) is 0 Å². The molecule has 0 radical (unpaired) electrons. The molecule has 0 bridgehead atoms. The zero-order valence-electron chi connectivity index (χ0n) is 16.1. The van der Waals surface area contributed by atoms with Gasteiger partial charge in [0.25, 0.3) is 0 Å². The Bertz CT molecular complexity index is 227. The van der Waals surface area contributed by atoms with Crippen molar-refractivity contribution in [2.75, 3.05) is 53.4 Å². The van der Waals surface area contributed by atoms with Crippen molar-refractivity contribution in [1.29, 1.82) is 0 Å². The number of hydrogen-bond donors (Lipinski definition) is 1. The molecule has 2 saturated heterocycles. The summed E-state index contributed by atoms with van der Waals surface area (Å²) in [6.07, 6.45) is 2.71. The van der Waals surface area contributed by atoms with Gasteiger partial charge in [0.2, 0.25) is 0 Å². The van der Waals surface area contributed by atoms with E-state index in [0.29, 0.717) is 10.8 Å². The van der Waals surface area contributed by atoms with Crippen molar-refractivity contribution in [2.45, 2.75) is 54.4 Å². The minimum absolute atomic E-state index is 0.508. The van der Waals surface area contributed by atoms with Gasteiger partial charge in [0, 0.05) is 39.3 Å². The minimum atomic E-state index is 0.508. The highest BCUT2D eigenvalue weighted by atomic mass is 15.2. The summed E-state index contributed by atoms with van der Waals surface area (Å²) in [6, 6.07) is 0. The third-order valence-electron chi connectivity index (χ3n) is 4.41. The molecular formula is C18H41N3. The van der Waals surface area contributed by atoms with Crippen LogP contribution < -0.4 is 5.32 Å². The summed E-state index contributed by atoms with van der Waals surface area (Å²) in [5, 5.41) is 3.53. The van der Waals surface area contributed by atoms with Crippen molar-refractivity contribution in [2.24, 2.45) is 10.8 Å². The van der Waals surface area contributed by atoms with Crippen LogP contribution in [0.3, 0.4) is 0 Å². The first-order valence-corrected chi connectivity index (χ1v) is 8.78. The summed E-state index contributed by atoms with van der Waals surface area (Å²) >= 11 is 0. The van der Waals surface area contributed by atoms with E-state index in [0.717, 1.165) is 0 Å². The van der Waals surface area contributed by atoms with Crippen LogP contribution in [0.15, 0.2) is 0 Å². The van der Waals surface area contributed by atoms with Crippen LogP contribution >= 0.6 is 0 Å². The average Bonchev–Trinajstić information content (AvgIpc) is 2.55. The molecule has 0 atom stereocenters. The van der Waals surface area contributed by atoms with Crippen molar-refractivity contribution in [3.63, 3.8) is 0 Å². The maximum atomic E-state index is 3.53.